The number of halogens is 1. The number of hydrogen-bond donors (Lipinski definition) is 1. The van der Waals surface area contributed by atoms with E-state index in [4.69, 9.17) is 16.3 Å². The van der Waals surface area contributed by atoms with Gasteiger partial charge >= 0.3 is 0 Å². The van der Waals surface area contributed by atoms with Crippen molar-refractivity contribution >= 4 is 17.4 Å². The van der Waals surface area contributed by atoms with Crippen molar-refractivity contribution in [3.63, 3.8) is 0 Å². The van der Waals surface area contributed by atoms with Crippen LogP contribution in [-0.2, 0) is 11.3 Å². The molecule has 1 aromatic heterocycles. The second kappa shape index (κ2) is 9.16. The fraction of sp³-hybridized carbons (Fsp3) is 0.667. The molecule has 0 aromatic carbocycles. The maximum Gasteiger partial charge on any atom is 0.126 e. The van der Waals surface area contributed by atoms with Gasteiger partial charge in [-0.15, -0.1) is 0 Å². The molecular formula is C15H26ClN3O. The van der Waals surface area contributed by atoms with Crippen molar-refractivity contribution in [3.05, 3.63) is 22.8 Å². The quantitative estimate of drug-likeness (QED) is 0.758. The summed E-state index contributed by atoms with van der Waals surface area (Å²) in [5.41, 5.74) is 0.914. The first-order valence-corrected chi connectivity index (χ1v) is 7.58. The van der Waals surface area contributed by atoms with Crippen LogP contribution in [0.3, 0.4) is 0 Å². The van der Waals surface area contributed by atoms with Crippen LogP contribution in [0.5, 0.6) is 0 Å². The normalized spacial score (nSPS) is 11.3. The third-order valence-electron chi connectivity index (χ3n) is 3.14. The largest absolute Gasteiger partial charge is 0.383 e. The van der Waals surface area contributed by atoms with E-state index in [1.54, 1.807) is 7.11 Å². The van der Waals surface area contributed by atoms with Crippen LogP contribution < -0.4 is 5.32 Å². The highest BCUT2D eigenvalue weighted by Crippen LogP contribution is 2.19. The number of hydrogen-bond acceptors (Lipinski definition) is 4. The Kier molecular flexibility index (Phi) is 7.88. The van der Waals surface area contributed by atoms with Crippen molar-refractivity contribution in [2.45, 2.75) is 39.8 Å². The number of ether oxygens (including phenoxy) is 1. The van der Waals surface area contributed by atoms with Gasteiger partial charge in [0.05, 0.1) is 17.3 Å². The molecule has 0 aliphatic carbocycles. The third kappa shape index (κ3) is 5.65. The van der Waals surface area contributed by atoms with E-state index in [0.717, 1.165) is 42.6 Å². The summed E-state index contributed by atoms with van der Waals surface area (Å²) < 4.78 is 5.16. The molecule has 0 saturated carbocycles. The van der Waals surface area contributed by atoms with Gasteiger partial charge in [0.15, 0.2) is 0 Å². The highest BCUT2D eigenvalue weighted by Gasteiger charge is 2.13. The molecule has 0 aliphatic heterocycles. The van der Waals surface area contributed by atoms with Crippen LogP contribution >= 0.6 is 11.6 Å². The minimum absolute atomic E-state index is 0.426. The molecule has 5 heteroatoms. The first-order chi connectivity index (χ1) is 9.58. The lowest BCUT2D eigenvalue weighted by atomic mass is 10.2. The lowest BCUT2D eigenvalue weighted by Gasteiger charge is -2.26. The summed E-state index contributed by atoms with van der Waals surface area (Å²) >= 11 is 6.26. The summed E-state index contributed by atoms with van der Waals surface area (Å²) in [7, 11) is 1.72. The molecule has 0 amide bonds. The molecule has 0 spiro atoms. The van der Waals surface area contributed by atoms with Crippen molar-refractivity contribution in [2.24, 2.45) is 0 Å². The van der Waals surface area contributed by atoms with Gasteiger partial charge in [0.1, 0.15) is 5.82 Å². The summed E-state index contributed by atoms with van der Waals surface area (Å²) in [6.07, 6.45) is 1.07. The lowest BCUT2D eigenvalue weighted by molar-refractivity contribution is 0.124. The van der Waals surface area contributed by atoms with Crippen molar-refractivity contribution < 1.29 is 4.74 Å². The van der Waals surface area contributed by atoms with Gasteiger partial charge in [0, 0.05) is 32.8 Å². The summed E-state index contributed by atoms with van der Waals surface area (Å²) in [6, 6.07) is 4.27. The van der Waals surface area contributed by atoms with Gasteiger partial charge in [-0.3, -0.25) is 4.90 Å². The van der Waals surface area contributed by atoms with Gasteiger partial charge in [-0.1, -0.05) is 18.5 Å². The number of methoxy groups -OCH3 is 1. The molecule has 114 valence electrons. The SMILES string of the molecule is CCCNc1ccc(Cl)c(CN(CCOC)C(C)C)n1. The smallest absolute Gasteiger partial charge is 0.126 e. The Labute approximate surface area is 127 Å². The first-order valence-electron chi connectivity index (χ1n) is 7.20. The van der Waals surface area contributed by atoms with E-state index >= 15 is 0 Å². The average molecular weight is 300 g/mol. The standard InChI is InChI=1S/C15H26ClN3O/c1-5-8-17-15-7-6-13(16)14(18-15)11-19(12(2)3)9-10-20-4/h6-7,12H,5,8-11H2,1-4H3,(H,17,18). The molecule has 1 N–H and O–H groups in total. The Morgan fingerprint density at radius 1 is 1.40 bits per heavy atom. The molecule has 0 fully saturated rings. The van der Waals surface area contributed by atoms with Crippen molar-refractivity contribution in [3.8, 4) is 0 Å². The molecule has 1 rings (SSSR count). The Bertz CT molecular complexity index is 399. The highest BCUT2D eigenvalue weighted by atomic mass is 35.5. The Morgan fingerprint density at radius 3 is 2.75 bits per heavy atom. The van der Waals surface area contributed by atoms with Crippen LogP contribution in [0, 0.1) is 0 Å². The lowest BCUT2D eigenvalue weighted by Crippen LogP contribution is -2.33. The maximum absolute atomic E-state index is 6.26. The van der Waals surface area contributed by atoms with Gasteiger partial charge in [-0.25, -0.2) is 4.98 Å². The Balaban J connectivity index is 2.76. The van der Waals surface area contributed by atoms with Gasteiger partial charge in [-0.05, 0) is 32.4 Å². The molecule has 0 unspecified atom stereocenters. The van der Waals surface area contributed by atoms with E-state index in [9.17, 15) is 0 Å². The molecule has 0 aliphatic rings. The van der Waals surface area contributed by atoms with E-state index in [1.165, 1.54) is 0 Å². The van der Waals surface area contributed by atoms with Gasteiger partial charge in [0.2, 0.25) is 0 Å². The molecular weight excluding hydrogens is 274 g/mol. The Morgan fingerprint density at radius 2 is 2.15 bits per heavy atom. The fourth-order valence-electron chi connectivity index (χ4n) is 1.87. The molecule has 20 heavy (non-hydrogen) atoms. The van der Waals surface area contributed by atoms with E-state index in [2.05, 4.69) is 36.0 Å². The predicted octanol–water partition coefficient (Wildman–Crippen LogP) is 3.41. The van der Waals surface area contributed by atoms with Crippen molar-refractivity contribution in [1.82, 2.24) is 9.88 Å². The number of pyridine rings is 1. The summed E-state index contributed by atoms with van der Waals surface area (Å²) in [5, 5.41) is 4.01. The molecule has 0 saturated heterocycles. The second-order valence-electron chi connectivity index (χ2n) is 5.11. The van der Waals surface area contributed by atoms with Gasteiger partial charge in [-0.2, -0.15) is 0 Å². The summed E-state index contributed by atoms with van der Waals surface area (Å²) in [5.74, 6) is 0.890. The summed E-state index contributed by atoms with van der Waals surface area (Å²) in [4.78, 5) is 6.92. The minimum Gasteiger partial charge on any atom is -0.383 e. The van der Waals surface area contributed by atoms with Crippen LogP contribution in [0.4, 0.5) is 5.82 Å². The topological polar surface area (TPSA) is 37.4 Å². The van der Waals surface area contributed by atoms with E-state index < -0.39 is 0 Å². The van der Waals surface area contributed by atoms with Crippen LogP contribution in [-0.4, -0.2) is 42.7 Å². The predicted molar refractivity (Wildman–Crippen MR) is 85.4 cm³/mol. The number of aromatic nitrogens is 1. The fourth-order valence-corrected chi connectivity index (χ4v) is 2.03. The van der Waals surface area contributed by atoms with E-state index in [-0.39, 0.29) is 0 Å². The van der Waals surface area contributed by atoms with Crippen molar-refractivity contribution in [1.29, 1.82) is 0 Å². The van der Waals surface area contributed by atoms with Crippen LogP contribution in [0.25, 0.3) is 0 Å². The molecule has 4 nitrogen and oxygen atoms in total. The zero-order valence-electron chi connectivity index (χ0n) is 12.9. The Hall–Kier alpha value is -0.840. The van der Waals surface area contributed by atoms with E-state index in [0.29, 0.717) is 12.6 Å². The first kappa shape index (κ1) is 17.2. The van der Waals surface area contributed by atoms with Crippen molar-refractivity contribution in [2.75, 3.05) is 32.1 Å². The van der Waals surface area contributed by atoms with Crippen LogP contribution in [0.2, 0.25) is 5.02 Å². The number of anilines is 1. The minimum atomic E-state index is 0.426. The van der Waals surface area contributed by atoms with Crippen LogP contribution in [0.1, 0.15) is 32.9 Å². The summed E-state index contributed by atoms with van der Waals surface area (Å²) in [6.45, 7) is 9.72. The highest BCUT2D eigenvalue weighted by molar-refractivity contribution is 6.31. The zero-order valence-corrected chi connectivity index (χ0v) is 13.7. The average Bonchev–Trinajstić information content (AvgIpc) is 2.43. The van der Waals surface area contributed by atoms with E-state index in [1.807, 2.05) is 12.1 Å². The second-order valence-corrected chi connectivity index (χ2v) is 5.52. The molecule has 0 atom stereocenters. The monoisotopic (exact) mass is 299 g/mol. The molecule has 0 bridgehead atoms. The molecule has 1 aromatic rings. The van der Waals surface area contributed by atoms with Gasteiger partial charge < -0.3 is 10.1 Å². The maximum atomic E-state index is 6.26. The molecule has 0 radical (unpaired) electrons. The van der Waals surface area contributed by atoms with Crippen LogP contribution in [0.15, 0.2) is 12.1 Å². The number of nitrogens with zero attached hydrogens (tertiary/aromatic N) is 2. The number of nitrogens with one attached hydrogen (secondary N) is 1. The zero-order chi connectivity index (χ0) is 15.0. The third-order valence-corrected chi connectivity index (χ3v) is 3.48. The van der Waals surface area contributed by atoms with Gasteiger partial charge in [0.25, 0.3) is 0 Å². The number of rotatable bonds is 9. The molecule has 1 heterocycles.